The van der Waals surface area contributed by atoms with Crippen molar-refractivity contribution < 1.29 is 18.7 Å². The number of rotatable bonds is 4. The highest BCUT2D eigenvalue weighted by Crippen LogP contribution is 2.18. The summed E-state index contributed by atoms with van der Waals surface area (Å²) in [7, 11) is 0. The van der Waals surface area contributed by atoms with Gasteiger partial charge in [-0.3, -0.25) is 4.79 Å². The van der Waals surface area contributed by atoms with Crippen LogP contribution in [0.2, 0.25) is 0 Å². The Morgan fingerprint density at radius 1 is 1.44 bits per heavy atom. The molecule has 0 spiro atoms. The molecule has 100 valence electrons. The number of hydrogen-bond donors (Lipinski definition) is 3. The van der Waals surface area contributed by atoms with E-state index in [1.807, 2.05) is 0 Å². The lowest BCUT2D eigenvalue weighted by Gasteiger charge is -2.25. The molecule has 0 saturated carbocycles. The van der Waals surface area contributed by atoms with E-state index in [1.54, 1.807) is 13.8 Å². The first-order valence-corrected chi connectivity index (χ1v) is 5.45. The van der Waals surface area contributed by atoms with Crippen LogP contribution < -0.4 is 11.1 Å². The maximum atomic E-state index is 13.6. The van der Waals surface area contributed by atoms with Crippen LogP contribution in [0.5, 0.6) is 0 Å². The Bertz CT molecular complexity index is 462. The molecule has 4 nitrogen and oxygen atoms in total. The van der Waals surface area contributed by atoms with Crippen LogP contribution >= 0.6 is 0 Å². The van der Waals surface area contributed by atoms with Gasteiger partial charge in [0.15, 0.2) is 5.82 Å². The molecule has 0 aliphatic carbocycles. The SMILES string of the molecule is CC(C)(CCO)NC(=O)c1cc(F)cc(N)c1F. The Labute approximate surface area is 104 Å². The fourth-order valence-electron chi connectivity index (χ4n) is 1.49. The molecule has 0 unspecified atom stereocenters. The number of aliphatic hydroxyl groups is 1. The van der Waals surface area contributed by atoms with E-state index in [0.29, 0.717) is 6.42 Å². The summed E-state index contributed by atoms with van der Waals surface area (Å²) >= 11 is 0. The summed E-state index contributed by atoms with van der Waals surface area (Å²) in [6.07, 6.45) is 0.297. The highest BCUT2D eigenvalue weighted by atomic mass is 19.1. The number of carbonyl (C=O) groups excluding carboxylic acids is 1. The summed E-state index contributed by atoms with van der Waals surface area (Å²) in [5, 5.41) is 11.3. The minimum atomic E-state index is -0.950. The minimum absolute atomic E-state index is 0.124. The van der Waals surface area contributed by atoms with Crippen molar-refractivity contribution in [1.82, 2.24) is 5.32 Å². The van der Waals surface area contributed by atoms with Crippen LogP contribution in [0.15, 0.2) is 12.1 Å². The summed E-state index contributed by atoms with van der Waals surface area (Å²) in [6.45, 7) is 3.21. The molecular formula is C12H16F2N2O2. The second kappa shape index (κ2) is 5.30. The van der Waals surface area contributed by atoms with Crippen LogP contribution in [0.25, 0.3) is 0 Å². The maximum Gasteiger partial charge on any atom is 0.254 e. The van der Waals surface area contributed by atoms with E-state index in [1.165, 1.54) is 0 Å². The molecule has 0 aliphatic rings. The van der Waals surface area contributed by atoms with Gasteiger partial charge >= 0.3 is 0 Å². The number of anilines is 1. The zero-order valence-electron chi connectivity index (χ0n) is 10.3. The van der Waals surface area contributed by atoms with E-state index in [-0.39, 0.29) is 6.61 Å². The van der Waals surface area contributed by atoms with Crippen LogP contribution in [0.1, 0.15) is 30.6 Å². The summed E-state index contributed by atoms with van der Waals surface area (Å²) in [4.78, 5) is 11.8. The number of halogens is 2. The minimum Gasteiger partial charge on any atom is -0.396 e. The zero-order chi connectivity index (χ0) is 13.9. The average Bonchev–Trinajstić information content (AvgIpc) is 2.22. The molecule has 0 fully saturated rings. The molecular weight excluding hydrogens is 242 g/mol. The lowest BCUT2D eigenvalue weighted by Crippen LogP contribution is -2.44. The van der Waals surface area contributed by atoms with Gasteiger partial charge in [0.25, 0.3) is 5.91 Å². The molecule has 6 heteroatoms. The molecule has 0 aliphatic heterocycles. The molecule has 0 radical (unpaired) electrons. The average molecular weight is 258 g/mol. The second-order valence-electron chi connectivity index (χ2n) is 4.67. The van der Waals surface area contributed by atoms with Gasteiger partial charge in [0.1, 0.15) is 5.82 Å². The first-order valence-electron chi connectivity index (χ1n) is 5.45. The lowest BCUT2D eigenvalue weighted by atomic mass is 10.0. The van der Waals surface area contributed by atoms with Crippen LogP contribution in [-0.4, -0.2) is 23.2 Å². The van der Waals surface area contributed by atoms with Crippen molar-refractivity contribution in [3.05, 3.63) is 29.3 Å². The zero-order valence-corrected chi connectivity index (χ0v) is 10.3. The van der Waals surface area contributed by atoms with Gasteiger partial charge in [-0.05, 0) is 32.4 Å². The van der Waals surface area contributed by atoms with Crippen molar-refractivity contribution in [2.24, 2.45) is 0 Å². The smallest absolute Gasteiger partial charge is 0.254 e. The first-order chi connectivity index (χ1) is 8.26. The van der Waals surface area contributed by atoms with E-state index in [0.717, 1.165) is 12.1 Å². The third-order valence-electron chi connectivity index (χ3n) is 2.50. The number of nitrogen functional groups attached to an aromatic ring is 1. The fraction of sp³-hybridized carbons (Fsp3) is 0.417. The molecule has 0 bridgehead atoms. The molecule has 1 aromatic rings. The van der Waals surface area contributed by atoms with Crippen molar-refractivity contribution in [3.63, 3.8) is 0 Å². The van der Waals surface area contributed by atoms with Crippen molar-refractivity contribution in [2.45, 2.75) is 25.8 Å². The van der Waals surface area contributed by atoms with Crippen molar-refractivity contribution in [1.29, 1.82) is 0 Å². The molecule has 1 rings (SSSR count). The molecule has 18 heavy (non-hydrogen) atoms. The van der Waals surface area contributed by atoms with E-state index in [2.05, 4.69) is 5.32 Å². The molecule has 0 heterocycles. The Hall–Kier alpha value is -1.69. The predicted octanol–water partition coefficient (Wildman–Crippen LogP) is 1.44. The largest absolute Gasteiger partial charge is 0.396 e. The molecule has 1 aromatic carbocycles. The van der Waals surface area contributed by atoms with Crippen LogP contribution in [0.3, 0.4) is 0 Å². The van der Waals surface area contributed by atoms with Gasteiger partial charge in [0.2, 0.25) is 0 Å². The third kappa shape index (κ3) is 3.40. The lowest BCUT2D eigenvalue weighted by molar-refractivity contribution is 0.0895. The van der Waals surface area contributed by atoms with E-state index >= 15 is 0 Å². The highest BCUT2D eigenvalue weighted by Gasteiger charge is 2.23. The van der Waals surface area contributed by atoms with Crippen molar-refractivity contribution in [2.75, 3.05) is 12.3 Å². The van der Waals surface area contributed by atoms with Gasteiger partial charge in [0.05, 0.1) is 11.3 Å². The quantitative estimate of drug-likeness (QED) is 0.715. The van der Waals surface area contributed by atoms with E-state index < -0.39 is 34.3 Å². The highest BCUT2D eigenvalue weighted by molar-refractivity contribution is 5.95. The number of nitrogens with one attached hydrogen (secondary N) is 1. The van der Waals surface area contributed by atoms with Gasteiger partial charge in [-0.25, -0.2) is 8.78 Å². The first kappa shape index (κ1) is 14.4. The Morgan fingerprint density at radius 3 is 2.61 bits per heavy atom. The molecule has 0 saturated heterocycles. The van der Waals surface area contributed by atoms with Gasteiger partial charge in [0, 0.05) is 12.1 Å². The van der Waals surface area contributed by atoms with Crippen LogP contribution in [0, 0.1) is 11.6 Å². The van der Waals surface area contributed by atoms with Gasteiger partial charge in [-0.1, -0.05) is 0 Å². The molecule has 4 N–H and O–H groups in total. The monoisotopic (exact) mass is 258 g/mol. The van der Waals surface area contributed by atoms with E-state index in [4.69, 9.17) is 10.8 Å². The van der Waals surface area contributed by atoms with Crippen molar-refractivity contribution >= 4 is 11.6 Å². The molecule has 0 aromatic heterocycles. The predicted molar refractivity (Wildman–Crippen MR) is 64.0 cm³/mol. The van der Waals surface area contributed by atoms with Gasteiger partial charge in [-0.2, -0.15) is 0 Å². The number of hydrogen-bond acceptors (Lipinski definition) is 3. The molecule has 0 atom stereocenters. The Kier molecular flexibility index (Phi) is 4.24. The number of benzene rings is 1. The van der Waals surface area contributed by atoms with Crippen LogP contribution in [0.4, 0.5) is 14.5 Å². The van der Waals surface area contributed by atoms with Gasteiger partial charge < -0.3 is 16.2 Å². The second-order valence-corrected chi connectivity index (χ2v) is 4.67. The normalized spacial score (nSPS) is 11.4. The molecule has 1 amide bonds. The Morgan fingerprint density at radius 2 is 2.06 bits per heavy atom. The number of nitrogens with two attached hydrogens (primary N) is 1. The number of aliphatic hydroxyl groups excluding tert-OH is 1. The fourth-order valence-corrected chi connectivity index (χ4v) is 1.49. The summed E-state index contributed by atoms with van der Waals surface area (Å²) in [5.41, 5.74) is 3.66. The van der Waals surface area contributed by atoms with E-state index in [9.17, 15) is 13.6 Å². The standard InChI is InChI=1S/C12H16F2N2O2/c1-12(2,3-4-17)16-11(18)8-5-7(13)6-9(15)10(8)14/h5-6,17H,3-4,15H2,1-2H3,(H,16,18). The summed E-state index contributed by atoms with van der Waals surface area (Å²) in [5.74, 6) is -2.50. The summed E-state index contributed by atoms with van der Waals surface area (Å²) < 4.78 is 26.7. The van der Waals surface area contributed by atoms with Gasteiger partial charge in [-0.15, -0.1) is 0 Å². The van der Waals surface area contributed by atoms with Crippen molar-refractivity contribution in [3.8, 4) is 0 Å². The van der Waals surface area contributed by atoms with Crippen LogP contribution in [-0.2, 0) is 0 Å². The topological polar surface area (TPSA) is 75.3 Å². The maximum absolute atomic E-state index is 13.6. The number of amides is 1. The third-order valence-corrected chi connectivity index (χ3v) is 2.50. The summed E-state index contributed by atoms with van der Waals surface area (Å²) in [6, 6.07) is 1.60. The number of carbonyl (C=O) groups is 1. The Balaban J connectivity index is 2.98.